The zero-order valence-electron chi connectivity index (χ0n) is 13.4. The predicted molar refractivity (Wildman–Crippen MR) is 83.1 cm³/mol. The largest absolute Gasteiger partial charge is 0.389 e. The molecule has 1 fully saturated rings. The van der Waals surface area contributed by atoms with Gasteiger partial charge in [-0.05, 0) is 26.2 Å². The molecule has 1 aliphatic rings. The molecule has 1 heterocycles. The molecule has 0 radical (unpaired) electrons. The third-order valence-corrected chi connectivity index (χ3v) is 6.60. The molecular weight excluding hydrogens is 304 g/mol. The summed E-state index contributed by atoms with van der Waals surface area (Å²) in [6, 6.07) is 0. The summed E-state index contributed by atoms with van der Waals surface area (Å²) in [7, 11) is -3.52. The van der Waals surface area contributed by atoms with E-state index in [0.717, 1.165) is 32.1 Å². The SMILES string of the molecule is CCCCc1noc(C(C)S(=O)(=O)CC2(O)CCCCC2)n1. The number of hydrogen-bond donors (Lipinski definition) is 1. The van der Waals surface area contributed by atoms with Gasteiger partial charge in [-0.25, -0.2) is 8.42 Å². The first-order valence-corrected chi connectivity index (χ1v) is 9.84. The number of hydrogen-bond acceptors (Lipinski definition) is 6. The van der Waals surface area contributed by atoms with Crippen molar-refractivity contribution < 1.29 is 18.0 Å². The number of unbranched alkanes of at least 4 members (excludes halogenated alkanes) is 1. The van der Waals surface area contributed by atoms with E-state index in [0.29, 0.717) is 25.1 Å². The molecule has 1 aromatic heterocycles. The highest BCUT2D eigenvalue weighted by Gasteiger charge is 2.38. The van der Waals surface area contributed by atoms with E-state index >= 15 is 0 Å². The average molecular weight is 330 g/mol. The zero-order valence-corrected chi connectivity index (χ0v) is 14.2. The van der Waals surface area contributed by atoms with Crippen molar-refractivity contribution in [3.8, 4) is 0 Å². The summed E-state index contributed by atoms with van der Waals surface area (Å²) in [4.78, 5) is 4.19. The van der Waals surface area contributed by atoms with Gasteiger partial charge < -0.3 is 9.63 Å². The van der Waals surface area contributed by atoms with Crippen LogP contribution in [0.25, 0.3) is 0 Å². The summed E-state index contributed by atoms with van der Waals surface area (Å²) in [5, 5.41) is 13.4. The summed E-state index contributed by atoms with van der Waals surface area (Å²) in [5.41, 5.74) is -1.10. The average Bonchev–Trinajstić information content (AvgIpc) is 2.92. The first-order chi connectivity index (χ1) is 10.4. The Labute approximate surface area is 132 Å². The van der Waals surface area contributed by atoms with Gasteiger partial charge in [0, 0.05) is 6.42 Å². The van der Waals surface area contributed by atoms with Crippen LogP contribution in [0.15, 0.2) is 4.52 Å². The second-order valence-corrected chi connectivity index (χ2v) is 8.71. The van der Waals surface area contributed by atoms with Crippen LogP contribution < -0.4 is 0 Å². The van der Waals surface area contributed by atoms with E-state index in [1.807, 2.05) is 0 Å². The Kier molecular flexibility index (Phi) is 5.60. The summed E-state index contributed by atoms with van der Waals surface area (Å²) in [5.74, 6) is 0.453. The van der Waals surface area contributed by atoms with Crippen LogP contribution in [0.1, 0.15) is 75.8 Å². The van der Waals surface area contributed by atoms with Crippen molar-refractivity contribution in [3.05, 3.63) is 11.7 Å². The highest BCUT2D eigenvalue weighted by atomic mass is 32.2. The van der Waals surface area contributed by atoms with E-state index in [4.69, 9.17) is 4.52 Å². The molecule has 6 nitrogen and oxygen atoms in total. The molecule has 1 aromatic rings. The topological polar surface area (TPSA) is 93.3 Å². The van der Waals surface area contributed by atoms with Gasteiger partial charge in [0.25, 0.3) is 0 Å². The fourth-order valence-corrected chi connectivity index (χ4v) is 4.57. The van der Waals surface area contributed by atoms with E-state index < -0.39 is 20.7 Å². The molecule has 1 N–H and O–H groups in total. The number of rotatable bonds is 7. The zero-order chi connectivity index (χ0) is 16.2. The monoisotopic (exact) mass is 330 g/mol. The third kappa shape index (κ3) is 4.29. The lowest BCUT2D eigenvalue weighted by atomic mass is 9.86. The molecule has 2 rings (SSSR count). The van der Waals surface area contributed by atoms with E-state index in [2.05, 4.69) is 17.1 Å². The fraction of sp³-hybridized carbons (Fsp3) is 0.867. The molecule has 0 amide bonds. The van der Waals surface area contributed by atoms with Crippen LogP contribution in [0, 0.1) is 0 Å². The Morgan fingerprint density at radius 3 is 2.64 bits per heavy atom. The lowest BCUT2D eigenvalue weighted by Crippen LogP contribution is -2.40. The van der Waals surface area contributed by atoms with E-state index in [1.54, 1.807) is 6.92 Å². The Bertz CT molecular complexity index is 576. The molecule has 1 unspecified atom stereocenters. The van der Waals surface area contributed by atoms with Crippen LogP contribution in [0.2, 0.25) is 0 Å². The van der Waals surface area contributed by atoms with Gasteiger partial charge in [-0.15, -0.1) is 0 Å². The Morgan fingerprint density at radius 1 is 1.32 bits per heavy atom. The molecular formula is C15H26N2O4S. The predicted octanol–water partition coefficient (Wildman–Crippen LogP) is 2.58. The van der Waals surface area contributed by atoms with E-state index in [1.165, 1.54) is 0 Å². The van der Waals surface area contributed by atoms with Crippen molar-refractivity contribution >= 4 is 9.84 Å². The maximum absolute atomic E-state index is 12.5. The number of aromatic nitrogens is 2. The molecule has 1 saturated carbocycles. The molecule has 126 valence electrons. The Balaban J connectivity index is 2.06. The molecule has 0 aliphatic heterocycles. The summed E-state index contributed by atoms with van der Waals surface area (Å²) in [6.45, 7) is 3.62. The normalized spacial score (nSPS) is 20.0. The minimum Gasteiger partial charge on any atom is -0.389 e. The summed E-state index contributed by atoms with van der Waals surface area (Å²) in [6.07, 6.45) is 6.56. The van der Waals surface area contributed by atoms with E-state index in [9.17, 15) is 13.5 Å². The lowest BCUT2D eigenvalue weighted by Gasteiger charge is -2.32. The molecule has 1 aliphatic carbocycles. The van der Waals surface area contributed by atoms with Gasteiger partial charge in [0.1, 0.15) is 5.25 Å². The van der Waals surface area contributed by atoms with Crippen molar-refractivity contribution in [2.24, 2.45) is 0 Å². The first-order valence-electron chi connectivity index (χ1n) is 8.13. The molecule has 7 heteroatoms. The molecule has 0 spiro atoms. The van der Waals surface area contributed by atoms with Crippen LogP contribution in [0.3, 0.4) is 0 Å². The summed E-state index contributed by atoms with van der Waals surface area (Å²) >= 11 is 0. The van der Waals surface area contributed by atoms with E-state index in [-0.39, 0.29) is 11.6 Å². The maximum Gasteiger partial charge on any atom is 0.244 e. The van der Waals surface area contributed by atoms with Gasteiger partial charge in [0.05, 0.1) is 11.4 Å². The Hall–Kier alpha value is -0.950. The molecule has 1 atom stereocenters. The number of sulfone groups is 1. The third-order valence-electron chi connectivity index (χ3n) is 4.38. The Morgan fingerprint density at radius 2 is 2.00 bits per heavy atom. The number of aliphatic hydroxyl groups is 1. The van der Waals surface area contributed by atoms with Gasteiger partial charge in [-0.2, -0.15) is 4.98 Å². The van der Waals surface area contributed by atoms with Gasteiger partial charge in [0.2, 0.25) is 5.89 Å². The lowest BCUT2D eigenvalue weighted by molar-refractivity contribution is 0.0255. The smallest absolute Gasteiger partial charge is 0.244 e. The van der Waals surface area contributed by atoms with Crippen molar-refractivity contribution in [2.75, 3.05) is 5.75 Å². The van der Waals surface area contributed by atoms with Crippen LogP contribution >= 0.6 is 0 Å². The molecule has 0 aromatic carbocycles. The second-order valence-electron chi connectivity index (χ2n) is 6.39. The van der Waals surface area contributed by atoms with Crippen LogP contribution in [-0.2, 0) is 16.3 Å². The second kappa shape index (κ2) is 7.08. The summed E-state index contributed by atoms with van der Waals surface area (Å²) < 4.78 is 30.2. The van der Waals surface area contributed by atoms with Crippen LogP contribution in [-0.4, -0.2) is 35.0 Å². The molecule has 22 heavy (non-hydrogen) atoms. The standard InChI is InChI=1S/C15H26N2O4S/c1-3-4-8-13-16-14(21-17-13)12(2)22(19,20)11-15(18)9-6-5-7-10-15/h12,18H,3-11H2,1-2H3. The number of aryl methyl sites for hydroxylation is 1. The fourth-order valence-electron chi connectivity index (χ4n) is 2.88. The van der Waals surface area contributed by atoms with Gasteiger partial charge in [0.15, 0.2) is 15.7 Å². The van der Waals surface area contributed by atoms with Gasteiger partial charge >= 0.3 is 0 Å². The molecule has 0 bridgehead atoms. The van der Waals surface area contributed by atoms with Crippen molar-refractivity contribution in [2.45, 2.75) is 76.1 Å². The van der Waals surface area contributed by atoms with Gasteiger partial charge in [-0.3, -0.25) is 0 Å². The minimum atomic E-state index is -3.52. The van der Waals surface area contributed by atoms with Crippen molar-refractivity contribution in [1.82, 2.24) is 10.1 Å². The quantitative estimate of drug-likeness (QED) is 0.826. The maximum atomic E-state index is 12.5. The minimum absolute atomic E-state index is 0.130. The van der Waals surface area contributed by atoms with Gasteiger partial charge in [-0.1, -0.05) is 37.8 Å². The van der Waals surface area contributed by atoms with Crippen LogP contribution in [0.4, 0.5) is 0 Å². The van der Waals surface area contributed by atoms with Crippen molar-refractivity contribution in [3.63, 3.8) is 0 Å². The van der Waals surface area contributed by atoms with Crippen LogP contribution in [0.5, 0.6) is 0 Å². The molecule has 0 saturated heterocycles. The van der Waals surface area contributed by atoms with Crippen molar-refractivity contribution in [1.29, 1.82) is 0 Å². The highest BCUT2D eigenvalue weighted by molar-refractivity contribution is 7.91. The highest BCUT2D eigenvalue weighted by Crippen LogP contribution is 2.32. The first kappa shape index (κ1) is 17.4. The number of nitrogens with zero attached hydrogens (tertiary/aromatic N) is 2.